The molecule has 1 atom stereocenters. The SMILES string of the molecule is CCOC(=O)N1CCc2c([nH]c3ccc(Br)cc23)C1c1ccc(C(=O)NCCNCCO)cc1. The van der Waals surface area contributed by atoms with Gasteiger partial charge in [-0.15, -0.1) is 0 Å². The van der Waals surface area contributed by atoms with Crippen LogP contribution < -0.4 is 10.6 Å². The zero-order valence-corrected chi connectivity index (χ0v) is 20.7. The quantitative estimate of drug-likeness (QED) is 0.335. The van der Waals surface area contributed by atoms with Gasteiger partial charge in [0.1, 0.15) is 6.04 Å². The second kappa shape index (κ2) is 11.0. The van der Waals surface area contributed by atoms with Gasteiger partial charge in [-0.2, -0.15) is 0 Å². The summed E-state index contributed by atoms with van der Waals surface area (Å²) in [6.07, 6.45) is 0.376. The Morgan fingerprint density at radius 3 is 2.71 bits per heavy atom. The van der Waals surface area contributed by atoms with Gasteiger partial charge in [0.05, 0.1) is 13.2 Å². The second-order valence-electron chi connectivity index (χ2n) is 8.10. The summed E-state index contributed by atoms with van der Waals surface area (Å²) in [4.78, 5) is 30.6. The van der Waals surface area contributed by atoms with Crippen LogP contribution in [0.25, 0.3) is 10.9 Å². The van der Waals surface area contributed by atoms with E-state index in [1.54, 1.807) is 24.0 Å². The Bertz CT molecular complexity index is 1160. The van der Waals surface area contributed by atoms with E-state index in [1.807, 2.05) is 24.3 Å². The number of amides is 2. The molecule has 34 heavy (non-hydrogen) atoms. The third kappa shape index (κ3) is 5.11. The third-order valence-corrected chi connectivity index (χ3v) is 6.45. The Labute approximate surface area is 206 Å². The van der Waals surface area contributed by atoms with Crippen LogP contribution in [-0.2, 0) is 11.2 Å². The molecule has 1 aromatic heterocycles. The van der Waals surface area contributed by atoms with E-state index < -0.39 is 0 Å². The fourth-order valence-corrected chi connectivity index (χ4v) is 4.76. The zero-order chi connectivity index (χ0) is 24.1. The van der Waals surface area contributed by atoms with Gasteiger partial charge in [-0.1, -0.05) is 28.1 Å². The molecule has 0 aliphatic carbocycles. The van der Waals surface area contributed by atoms with Crippen LogP contribution >= 0.6 is 15.9 Å². The van der Waals surface area contributed by atoms with E-state index in [1.165, 1.54) is 5.56 Å². The molecule has 0 spiro atoms. The largest absolute Gasteiger partial charge is 0.450 e. The molecule has 0 saturated heterocycles. The average molecular weight is 529 g/mol. The van der Waals surface area contributed by atoms with Crippen molar-refractivity contribution in [3.8, 4) is 0 Å². The van der Waals surface area contributed by atoms with Crippen molar-refractivity contribution in [2.45, 2.75) is 19.4 Å². The number of carbonyl (C=O) groups is 2. The predicted octanol–water partition coefficient (Wildman–Crippen LogP) is 3.35. The monoisotopic (exact) mass is 528 g/mol. The summed E-state index contributed by atoms with van der Waals surface area (Å²) in [5, 5.41) is 15.8. The number of aliphatic hydroxyl groups is 1. The minimum atomic E-state index is -0.352. The van der Waals surface area contributed by atoms with Crippen molar-refractivity contribution in [3.05, 3.63) is 69.3 Å². The van der Waals surface area contributed by atoms with Crippen LogP contribution in [0.1, 0.15) is 40.1 Å². The summed E-state index contributed by atoms with van der Waals surface area (Å²) in [6, 6.07) is 13.1. The van der Waals surface area contributed by atoms with Crippen molar-refractivity contribution in [2.75, 3.05) is 39.4 Å². The Hall–Kier alpha value is -2.88. The molecule has 9 heteroatoms. The predicted molar refractivity (Wildman–Crippen MR) is 134 cm³/mol. The Morgan fingerprint density at radius 2 is 1.97 bits per heavy atom. The molecular weight excluding hydrogens is 500 g/mol. The van der Waals surface area contributed by atoms with Gasteiger partial charge in [0.2, 0.25) is 0 Å². The summed E-state index contributed by atoms with van der Waals surface area (Å²) in [5.74, 6) is -0.167. The Kier molecular flexibility index (Phi) is 7.87. The first-order valence-electron chi connectivity index (χ1n) is 11.5. The smallest absolute Gasteiger partial charge is 0.410 e. The number of H-pyrrole nitrogens is 1. The number of ether oxygens (including phenoxy) is 1. The summed E-state index contributed by atoms with van der Waals surface area (Å²) in [7, 11) is 0. The van der Waals surface area contributed by atoms with Crippen LogP contribution in [0.4, 0.5) is 4.79 Å². The van der Waals surface area contributed by atoms with Gasteiger partial charge in [-0.25, -0.2) is 4.79 Å². The zero-order valence-electron chi connectivity index (χ0n) is 19.1. The number of nitrogens with zero attached hydrogens (tertiary/aromatic N) is 1. The number of aliphatic hydroxyl groups excluding tert-OH is 1. The molecule has 4 N–H and O–H groups in total. The molecule has 3 aromatic rings. The number of nitrogens with one attached hydrogen (secondary N) is 3. The van der Waals surface area contributed by atoms with Crippen LogP contribution in [0.2, 0.25) is 0 Å². The maximum Gasteiger partial charge on any atom is 0.410 e. The third-order valence-electron chi connectivity index (χ3n) is 5.96. The topological polar surface area (TPSA) is 107 Å². The number of halogens is 1. The Morgan fingerprint density at radius 1 is 1.18 bits per heavy atom. The standard InChI is InChI=1S/C25H29BrN4O4/c1-2-34-25(33)30-13-9-19-20-15-18(26)7-8-21(20)29-22(19)23(30)16-3-5-17(6-4-16)24(32)28-11-10-27-12-14-31/h3-8,15,23,27,29,31H,2,9-14H2,1H3,(H,28,32). The van der Waals surface area contributed by atoms with E-state index >= 15 is 0 Å². The number of hydrogen-bond acceptors (Lipinski definition) is 5. The van der Waals surface area contributed by atoms with E-state index in [-0.39, 0.29) is 24.6 Å². The van der Waals surface area contributed by atoms with Crippen molar-refractivity contribution in [1.29, 1.82) is 0 Å². The first kappa shape index (κ1) is 24.3. The first-order chi connectivity index (χ1) is 16.5. The van der Waals surface area contributed by atoms with Crippen molar-refractivity contribution < 1.29 is 19.4 Å². The maximum absolute atomic E-state index is 12.8. The summed E-state index contributed by atoms with van der Waals surface area (Å²) in [5.41, 5.74) is 4.64. The first-order valence-corrected chi connectivity index (χ1v) is 12.3. The van der Waals surface area contributed by atoms with Gasteiger partial charge < -0.3 is 25.5 Å². The van der Waals surface area contributed by atoms with E-state index in [2.05, 4.69) is 37.6 Å². The van der Waals surface area contributed by atoms with E-state index in [0.717, 1.165) is 33.1 Å². The molecular formula is C25H29BrN4O4. The molecule has 1 aliphatic heterocycles. The molecule has 0 saturated carbocycles. The molecule has 0 fully saturated rings. The molecule has 2 aromatic carbocycles. The number of aromatic amines is 1. The van der Waals surface area contributed by atoms with E-state index in [0.29, 0.717) is 38.3 Å². The highest BCUT2D eigenvalue weighted by atomic mass is 79.9. The van der Waals surface area contributed by atoms with Crippen LogP contribution in [-0.4, -0.2) is 66.4 Å². The number of fused-ring (bicyclic) bond motifs is 3. The van der Waals surface area contributed by atoms with Gasteiger partial charge in [0.15, 0.2) is 0 Å². The number of hydrogen-bond donors (Lipinski definition) is 4. The summed E-state index contributed by atoms with van der Waals surface area (Å²) in [6.45, 7) is 4.26. The summed E-state index contributed by atoms with van der Waals surface area (Å²) >= 11 is 3.56. The number of benzene rings is 2. The molecule has 4 rings (SSSR count). The lowest BCUT2D eigenvalue weighted by Gasteiger charge is -2.35. The molecule has 2 heterocycles. The van der Waals surface area contributed by atoms with Crippen LogP contribution in [0.5, 0.6) is 0 Å². The molecule has 1 unspecified atom stereocenters. The van der Waals surface area contributed by atoms with E-state index in [9.17, 15) is 9.59 Å². The molecule has 0 radical (unpaired) electrons. The molecule has 0 bridgehead atoms. The highest BCUT2D eigenvalue weighted by Crippen LogP contribution is 2.39. The lowest BCUT2D eigenvalue weighted by atomic mass is 9.92. The van der Waals surface area contributed by atoms with Crippen molar-refractivity contribution in [1.82, 2.24) is 20.5 Å². The van der Waals surface area contributed by atoms with Crippen molar-refractivity contribution in [3.63, 3.8) is 0 Å². The fourth-order valence-electron chi connectivity index (χ4n) is 4.40. The normalized spacial score (nSPS) is 15.3. The Balaban J connectivity index is 1.61. The minimum Gasteiger partial charge on any atom is -0.450 e. The van der Waals surface area contributed by atoms with Crippen LogP contribution in [0.15, 0.2) is 46.9 Å². The van der Waals surface area contributed by atoms with Gasteiger partial charge in [0.25, 0.3) is 5.91 Å². The maximum atomic E-state index is 12.8. The molecule has 8 nitrogen and oxygen atoms in total. The number of rotatable bonds is 8. The average Bonchev–Trinajstić information content (AvgIpc) is 3.21. The molecule has 180 valence electrons. The van der Waals surface area contributed by atoms with Gasteiger partial charge >= 0.3 is 6.09 Å². The number of carbonyl (C=O) groups excluding carboxylic acids is 2. The minimum absolute atomic E-state index is 0.0642. The van der Waals surface area contributed by atoms with Crippen molar-refractivity contribution in [2.24, 2.45) is 0 Å². The van der Waals surface area contributed by atoms with Gasteiger partial charge in [-0.05, 0) is 54.8 Å². The van der Waals surface area contributed by atoms with Crippen molar-refractivity contribution >= 4 is 38.8 Å². The lowest BCUT2D eigenvalue weighted by molar-refractivity contribution is 0.0926. The second-order valence-corrected chi connectivity index (χ2v) is 9.02. The highest BCUT2D eigenvalue weighted by Gasteiger charge is 2.35. The lowest BCUT2D eigenvalue weighted by Crippen LogP contribution is -2.41. The van der Waals surface area contributed by atoms with E-state index in [4.69, 9.17) is 9.84 Å². The van der Waals surface area contributed by atoms with Crippen LogP contribution in [0.3, 0.4) is 0 Å². The van der Waals surface area contributed by atoms with Crippen LogP contribution in [0, 0.1) is 0 Å². The molecule has 1 aliphatic rings. The molecule has 2 amide bonds. The van der Waals surface area contributed by atoms with Gasteiger partial charge in [-0.3, -0.25) is 9.69 Å². The highest BCUT2D eigenvalue weighted by molar-refractivity contribution is 9.10. The van der Waals surface area contributed by atoms with Gasteiger partial charge in [0, 0.05) is 52.8 Å². The number of aromatic nitrogens is 1. The summed E-state index contributed by atoms with van der Waals surface area (Å²) < 4.78 is 6.36. The fraction of sp³-hybridized carbons (Fsp3) is 0.360.